The molecule has 3 rings (SSSR count). The molecule has 2 heterocycles. The summed E-state index contributed by atoms with van der Waals surface area (Å²) in [7, 11) is 0. The molecule has 120 valence electrons. The van der Waals surface area contributed by atoms with Crippen molar-refractivity contribution in [1.82, 2.24) is 15.1 Å². The number of hydrogen-bond acceptors (Lipinski definition) is 3. The number of carbonyl (C=O) groups excluding carboxylic acids is 1. The maximum absolute atomic E-state index is 12.4. The highest BCUT2D eigenvalue weighted by Crippen LogP contribution is 2.18. The van der Waals surface area contributed by atoms with Gasteiger partial charge in [0.25, 0.3) is 0 Å². The van der Waals surface area contributed by atoms with Crippen molar-refractivity contribution in [3.63, 3.8) is 0 Å². The summed E-state index contributed by atoms with van der Waals surface area (Å²) >= 11 is 0. The smallest absolute Gasteiger partial charge is 0.317 e. The first-order valence-electron chi connectivity index (χ1n) is 8.70. The van der Waals surface area contributed by atoms with Crippen LogP contribution in [0, 0.1) is 0 Å². The van der Waals surface area contributed by atoms with Crippen LogP contribution in [-0.4, -0.2) is 67.3 Å². The first-order chi connectivity index (χ1) is 10.3. The number of carbonyl (C=O) groups is 1. The first-order valence-corrected chi connectivity index (χ1v) is 8.70. The van der Waals surface area contributed by atoms with Gasteiger partial charge in [0.05, 0.1) is 6.61 Å². The Kier molecular flexibility index (Phi) is 5.36. The summed E-state index contributed by atoms with van der Waals surface area (Å²) in [6, 6.07) is 1.15. The number of rotatable bonds is 2. The molecule has 1 unspecified atom stereocenters. The predicted octanol–water partition coefficient (Wildman–Crippen LogP) is 1.83. The highest BCUT2D eigenvalue weighted by atomic mass is 16.5. The summed E-state index contributed by atoms with van der Waals surface area (Å²) in [5, 5.41) is 3.24. The third kappa shape index (κ3) is 4.10. The van der Waals surface area contributed by atoms with Crippen LogP contribution in [0.25, 0.3) is 0 Å². The van der Waals surface area contributed by atoms with Crippen molar-refractivity contribution in [2.24, 2.45) is 0 Å². The molecule has 0 spiro atoms. The van der Waals surface area contributed by atoms with Gasteiger partial charge in [-0.05, 0) is 25.7 Å². The van der Waals surface area contributed by atoms with E-state index in [0.29, 0.717) is 12.1 Å². The third-order valence-electron chi connectivity index (χ3n) is 5.17. The van der Waals surface area contributed by atoms with E-state index in [-0.39, 0.29) is 6.03 Å². The molecule has 1 N–H and O–H groups in total. The van der Waals surface area contributed by atoms with E-state index in [0.717, 1.165) is 65.1 Å². The van der Waals surface area contributed by atoms with Gasteiger partial charge >= 0.3 is 6.03 Å². The van der Waals surface area contributed by atoms with Gasteiger partial charge < -0.3 is 15.0 Å². The van der Waals surface area contributed by atoms with E-state index in [1.807, 2.05) is 4.90 Å². The van der Waals surface area contributed by atoms with Crippen LogP contribution in [0.5, 0.6) is 0 Å². The molecule has 1 atom stereocenters. The van der Waals surface area contributed by atoms with Crippen LogP contribution in [0.2, 0.25) is 0 Å². The zero-order chi connectivity index (χ0) is 14.5. The maximum Gasteiger partial charge on any atom is 0.317 e. The molecule has 3 aliphatic rings. The Morgan fingerprint density at radius 1 is 0.952 bits per heavy atom. The van der Waals surface area contributed by atoms with Crippen molar-refractivity contribution >= 4 is 6.03 Å². The minimum absolute atomic E-state index is 0.159. The summed E-state index contributed by atoms with van der Waals surface area (Å²) in [6.07, 6.45) is 8.40. The van der Waals surface area contributed by atoms with E-state index in [9.17, 15) is 4.79 Å². The minimum Gasteiger partial charge on any atom is -0.380 e. The lowest BCUT2D eigenvalue weighted by Gasteiger charge is -2.28. The van der Waals surface area contributed by atoms with E-state index in [1.54, 1.807) is 0 Å². The Balaban J connectivity index is 1.46. The van der Waals surface area contributed by atoms with Gasteiger partial charge in [-0.3, -0.25) is 4.90 Å². The predicted molar refractivity (Wildman–Crippen MR) is 82.4 cm³/mol. The standard InChI is InChI=1S/C16H29N3O2/c20-16(17-14-5-2-1-3-6-14)19-9-4-8-18(10-11-19)15-7-12-21-13-15/h14-15H,1-13H2,(H,17,20). The van der Waals surface area contributed by atoms with Crippen molar-refractivity contribution in [3.8, 4) is 0 Å². The van der Waals surface area contributed by atoms with Gasteiger partial charge in [0.2, 0.25) is 0 Å². The lowest BCUT2D eigenvalue weighted by molar-refractivity contribution is 0.145. The minimum atomic E-state index is 0.159. The van der Waals surface area contributed by atoms with Crippen LogP contribution >= 0.6 is 0 Å². The molecule has 0 aromatic rings. The number of ether oxygens (including phenoxy) is 1. The van der Waals surface area contributed by atoms with Crippen molar-refractivity contribution in [2.45, 2.75) is 57.0 Å². The number of amides is 2. The third-order valence-corrected chi connectivity index (χ3v) is 5.17. The van der Waals surface area contributed by atoms with Crippen LogP contribution < -0.4 is 5.32 Å². The molecule has 1 saturated carbocycles. The summed E-state index contributed by atoms with van der Waals surface area (Å²) in [5.41, 5.74) is 0. The average Bonchev–Trinajstić information content (AvgIpc) is 2.93. The molecule has 21 heavy (non-hydrogen) atoms. The largest absolute Gasteiger partial charge is 0.380 e. The van der Waals surface area contributed by atoms with Gasteiger partial charge in [0.15, 0.2) is 0 Å². The van der Waals surface area contributed by atoms with Gasteiger partial charge in [-0.2, -0.15) is 0 Å². The number of nitrogens with one attached hydrogen (secondary N) is 1. The lowest BCUT2D eigenvalue weighted by atomic mass is 9.96. The second-order valence-electron chi connectivity index (χ2n) is 6.68. The van der Waals surface area contributed by atoms with E-state index in [4.69, 9.17) is 4.74 Å². The molecule has 0 bridgehead atoms. The molecule has 2 amide bonds. The maximum atomic E-state index is 12.4. The molecule has 5 heteroatoms. The fourth-order valence-corrected chi connectivity index (χ4v) is 3.83. The van der Waals surface area contributed by atoms with Crippen LogP contribution in [0.4, 0.5) is 4.79 Å². The Hall–Kier alpha value is -0.810. The van der Waals surface area contributed by atoms with Gasteiger partial charge in [-0.25, -0.2) is 4.79 Å². The summed E-state index contributed by atoms with van der Waals surface area (Å²) < 4.78 is 5.49. The quantitative estimate of drug-likeness (QED) is 0.845. The molecule has 1 aliphatic carbocycles. The zero-order valence-corrected chi connectivity index (χ0v) is 13.1. The molecule has 3 fully saturated rings. The van der Waals surface area contributed by atoms with Gasteiger partial charge in [0, 0.05) is 44.9 Å². The van der Waals surface area contributed by atoms with E-state index < -0.39 is 0 Å². The van der Waals surface area contributed by atoms with Crippen LogP contribution in [0.1, 0.15) is 44.9 Å². The highest BCUT2D eigenvalue weighted by molar-refractivity contribution is 5.74. The van der Waals surface area contributed by atoms with Crippen molar-refractivity contribution in [3.05, 3.63) is 0 Å². The molecule has 0 aromatic heterocycles. The van der Waals surface area contributed by atoms with Crippen molar-refractivity contribution in [2.75, 3.05) is 39.4 Å². The summed E-state index contributed by atoms with van der Waals surface area (Å²) in [6.45, 7) is 5.60. The Morgan fingerprint density at radius 2 is 1.81 bits per heavy atom. The Bertz CT molecular complexity index is 338. The molecule has 2 aliphatic heterocycles. The van der Waals surface area contributed by atoms with E-state index >= 15 is 0 Å². The van der Waals surface area contributed by atoms with Crippen LogP contribution in [0.3, 0.4) is 0 Å². The van der Waals surface area contributed by atoms with Gasteiger partial charge in [0.1, 0.15) is 0 Å². The second kappa shape index (κ2) is 7.45. The average molecular weight is 295 g/mol. The highest BCUT2D eigenvalue weighted by Gasteiger charge is 2.27. The van der Waals surface area contributed by atoms with E-state index in [1.165, 1.54) is 19.3 Å². The molecular formula is C16H29N3O2. The summed E-state index contributed by atoms with van der Waals surface area (Å²) in [4.78, 5) is 17.0. The van der Waals surface area contributed by atoms with Crippen molar-refractivity contribution < 1.29 is 9.53 Å². The van der Waals surface area contributed by atoms with Crippen LogP contribution in [-0.2, 0) is 4.74 Å². The molecule has 0 radical (unpaired) electrons. The molecule has 2 saturated heterocycles. The molecular weight excluding hydrogens is 266 g/mol. The van der Waals surface area contributed by atoms with Crippen LogP contribution in [0.15, 0.2) is 0 Å². The fraction of sp³-hybridized carbons (Fsp3) is 0.938. The van der Waals surface area contributed by atoms with Gasteiger partial charge in [-0.15, -0.1) is 0 Å². The normalized spacial score (nSPS) is 29.3. The number of nitrogens with zero attached hydrogens (tertiary/aromatic N) is 2. The van der Waals surface area contributed by atoms with Gasteiger partial charge in [-0.1, -0.05) is 19.3 Å². The first kappa shape index (κ1) is 15.1. The number of hydrogen-bond donors (Lipinski definition) is 1. The number of urea groups is 1. The van der Waals surface area contributed by atoms with E-state index in [2.05, 4.69) is 10.2 Å². The SMILES string of the molecule is O=C(NC1CCCCC1)N1CCCN(C2CCOC2)CC1. The Morgan fingerprint density at radius 3 is 2.57 bits per heavy atom. The van der Waals surface area contributed by atoms with Crippen molar-refractivity contribution in [1.29, 1.82) is 0 Å². The monoisotopic (exact) mass is 295 g/mol. The lowest BCUT2D eigenvalue weighted by Crippen LogP contribution is -2.47. The second-order valence-corrected chi connectivity index (χ2v) is 6.68. The topological polar surface area (TPSA) is 44.8 Å². The zero-order valence-electron chi connectivity index (χ0n) is 13.1. The summed E-state index contributed by atoms with van der Waals surface area (Å²) in [5.74, 6) is 0. The fourth-order valence-electron chi connectivity index (χ4n) is 3.83. The Labute approximate surface area is 128 Å². The molecule has 5 nitrogen and oxygen atoms in total. The molecule has 0 aromatic carbocycles.